The average Bonchev–Trinajstić information content (AvgIpc) is 3.15. The van der Waals surface area contributed by atoms with Crippen LogP contribution in [0.25, 0.3) is 11.1 Å². The molecule has 0 radical (unpaired) electrons. The first-order valence-electron chi connectivity index (χ1n) is 9.77. The summed E-state index contributed by atoms with van der Waals surface area (Å²) in [5.74, 6) is -3.17. The van der Waals surface area contributed by atoms with E-state index in [-0.39, 0.29) is 24.5 Å². The molecule has 1 aliphatic heterocycles. The largest absolute Gasteiger partial charge is 0.497 e. The number of nitrogens with zero attached hydrogens (tertiary/aromatic N) is 2. The summed E-state index contributed by atoms with van der Waals surface area (Å²) in [5, 5.41) is 12.6. The third kappa shape index (κ3) is 4.35. The highest BCUT2D eigenvalue weighted by Gasteiger charge is 2.52. The van der Waals surface area contributed by atoms with E-state index in [4.69, 9.17) is 14.4 Å². The van der Waals surface area contributed by atoms with Crippen molar-refractivity contribution < 1.29 is 36.4 Å². The molecule has 170 valence electrons. The van der Waals surface area contributed by atoms with Gasteiger partial charge in [0.2, 0.25) is 0 Å². The minimum atomic E-state index is -4.88. The molecule has 5 nitrogen and oxygen atoms in total. The van der Waals surface area contributed by atoms with E-state index in [1.807, 2.05) is 0 Å². The normalized spacial score (nSPS) is 19.1. The molecule has 2 heterocycles. The third-order valence-corrected chi connectivity index (χ3v) is 5.75. The predicted molar refractivity (Wildman–Crippen MR) is 105 cm³/mol. The minimum absolute atomic E-state index is 0.0182. The van der Waals surface area contributed by atoms with Gasteiger partial charge in [-0.25, -0.2) is 8.78 Å². The first kappa shape index (κ1) is 23.7. The van der Waals surface area contributed by atoms with Crippen LogP contribution < -0.4 is 5.46 Å². The molecule has 0 amide bonds. The van der Waals surface area contributed by atoms with Crippen LogP contribution in [0, 0.1) is 17.6 Å². The van der Waals surface area contributed by atoms with Gasteiger partial charge in [0.15, 0.2) is 17.3 Å². The number of halogens is 5. The summed E-state index contributed by atoms with van der Waals surface area (Å²) in [6.07, 6.45) is -3.88. The van der Waals surface area contributed by atoms with Crippen LogP contribution in [0.15, 0.2) is 18.3 Å². The van der Waals surface area contributed by atoms with E-state index in [2.05, 4.69) is 5.10 Å². The Labute approximate surface area is 177 Å². The second-order valence-electron chi connectivity index (χ2n) is 8.82. The first-order chi connectivity index (χ1) is 14.2. The lowest BCUT2D eigenvalue weighted by molar-refractivity contribution is -0.141. The van der Waals surface area contributed by atoms with Crippen LogP contribution in [0.3, 0.4) is 0 Å². The Hall–Kier alpha value is -1.98. The molecule has 0 aliphatic carbocycles. The maximum absolute atomic E-state index is 15.0. The highest BCUT2D eigenvalue weighted by atomic mass is 19.4. The topological polar surface area (TPSA) is 56.5 Å². The summed E-state index contributed by atoms with van der Waals surface area (Å²) < 4.78 is 82.8. The zero-order valence-electron chi connectivity index (χ0n) is 17.8. The molecule has 1 N–H and O–H groups in total. The molecule has 1 unspecified atom stereocenters. The maximum Gasteiger partial charge on any atom is 0.497 e. The van der Waals surface area contributed by atoms with Gasteiger partial charge in [-0.05, 0) is 33.6 Å². The van der Waals surface area contributed by atoms with E-state index < -0.39 is 53.0 Å². The van der Waals surface area contributed by atoms with Crippen LogP contribution in [0.4, 0.5) is 22.0 Å². The fourth-order valence-electron chi connectivity index (χ4n) is 3.22. The van der Waals surface area contributed by atoms with Gasteiger partial charge in [-0.2, -0.15) is 18.3 Å². The summed E-state index contributed by atoms with van der Waals surface area (Å²) in [5.41, 5.74) is -4.34. The van der Waals surface area contributed by atoms with Crippen LogP contribution in [-0.2, 0) is 22.0 Å². The molecule has 2 aromatic rings. The molecule has 1 aromatic carbocycles. The Morgan fingerprint density at radius 1 is 1.06 bits per heavy atom. The van der Waals surface area contributed by atoms with Crippen molar-refractivity contribution in [2.75, 3.05) is 6.61 Å². The Morgan fingerprint density at radius 2 is 1.65 bits per heavy atom. The van der Waals surface area contributed by atoms with E-state index in [1.165, 1.54) is 0 Å². The van der Waals surface area contributed by atoms with E-state index in [0.717, 1.165) is 23.0 Å². The molecule has 0 bridgehead atoms. The van der Waals surface area contributed by atoms with Crippen molar-refractivity contribution in [1.82, 2.24) is 9.78 Å². The minimum Gasteiger partial charge on any atom is -0.399 e. The van der Waals surface area contributed by atoms with E-state index >= 15 is 0 Å². The van der Waals surface area contributed by atoms with Gasteiger partial charge in [0.25, 0.3) is 0 Å². The Kier molecular flexibility index (Phi) is 6.01. The van der Waals surface area contributed by atoms with E-state index in [0.29, 0.717) is 0 Å². The van der Waals surface area contributed by atoms with Gasteiger partial charge in [0.1, 0.15) is 0 Å². The van der Waals surface area contributed by atoms with Gasteiger partial charge < -0.3 is 14.4 Å². The molecule has 1 aliphatic rings. The summed E-state index contributed by atoms with van der Waals surface area (Å²) in [6, 6.07) is 2.22. The molecular weight excluding hydrogens is 422 g/mol. The molecule has 11 heteroatoms. The number of aromatic nitrogens is 2. The van der Waals surface area contributed by atoms with E-state index in [1.54, 1.807) is 34.6 Å². The molecule has 31 heavy (non-hydrogen) atoms. The number of benzene rings is 1. The number of aliphatic hydroxyl groups is 1. The lowest BCUT2D eigenvalue weighted by Gasteiger charge is -2.32. The molecule has 3 rings (SSSR count). The summed E-state index contributed by atoms with van der Waals surface area (Å²) in [6.45, 7) is 8.31. The first-order valence-corrected chi connectivity index (χ1v) is 9.77. The van der Waals surface area contributed by atoms with Crippen molar-refractivity contribution >= 4 is 12.6 Å². The van der Waals surface area contributed by atoms with Crippen LogP contribution >= 0.6 is 0 Å². The standard InChI is InChI=1S/C20H24BF5N2O3/c1-11(10-29)8-28-9-13(17(27-28)20(24,25)26)12-6-7-14(16(23)15(12)22)21-30-18(2,3)19(4,5)31-21/h6-7,9,11,29H,8,10H2,1-5H3. The van der Waals surface area contributed by atoms with Crippen LogP contribution in [0.1, 0.15) is 40.3 Å². The average molecular weight is 446 g/mol. The summed E-state index contributed by atoms with van der Waals surface area (Å²) in [7, 11) is -1.20. The number of rotatable bonds is 5. The van der Waals surface area contributed by atoms with Crippen molar-refractivity contribution in [3.8, 4) is 11.1 Å². The highest BCUT2D eigenvalue weighted by molar-refractivity contribution is 6.62. The number of hydrogen-bond donors (Lipinski definition) is 1. The van der Waals surface area contributed by atoms with Crippen molar-refractivity contribution in [2.24, 2.45) is 5.92 Å². The summed E-state index contributed by atoms with van der Waals surface area (Å²) in [4.78, 5) is 0. The fourth-order valence-corrected chi connectivity index (χ4v) is 3.22. The van der Waals surface area contributed by atoms with Gasteiger partial charge in [-0.3, -0.25) is 4.68 Å². The second-order valence-corrected chi connectivity index (χ2v) is 8.82. The van der Waals surface area contributed by atoms with Crippen molar-refractivity contribution in [1.29, 1.82) is 0 Å². The second kappa shape index (κ2) is 7.86. The Bertz CT molecular complexity index is 958. The number of aliphatic hydroxyl groups excluding tert-OH is 1. The van der Waals surface area contributed by atoms with Crippen molar-refractivity contribution in [2.45, 2.75) is 58.5 Å². The van der Waals surface area contributed by atoms with Gasteiger partial charge in [-0.1, -0.05) is 19.1 Å². The molecule has 0 saturated carbocycles. The zero-order valence-corrected chi connectivity index (χ0v) is 17.8. The van der Waals surface area contributed by atoms with Crippen LogP contribution in [0.5, 0.6) is 0 Å². The predicted octanol–water partition coefficient (Wildman–Crippen LogP) is 3.77. The smallest absolute Gasteiger partial charge is 0.399 e. The van der Waals surface area contributed by atoms with E-state index in [9.17, 15) is 22.0 Å². The maximum atomic E-state index is 15.0. The molecule has 1 saturated heterocycles. The lowest BCUT2D eigenvalue weighted by atomic mass is 9.78. The monoisotopic (exact) mass is 446 g/mol. The van der Waals surface area contributed by atoms with Crippen molar-refractivity contribution in [3.05, 3.63) is 35.7 Å². The number of hydrogen-bond acceptors (Lipinski definition) is 4. The summed E-state index contributed by atoms with van der Waals surface area (Å²) >= 11 is 0. The highest BCUT2D eigenvalue weighted by Crippen LogP contribution is 2.39. The van der Waals surface area contributed by atoms with Gasteiger partial charge in [0, 0.05) is 35.9 Å². The van der Waals surface area contributed by atoms with Crippen LogP contribution in [-0.4, -0.2) is 39.8 Å². The van der Waals surface area contributed by atoms with Gasteiger partial charge >= 0.3 is 13.3 Å². The van der Waals surface area contributed by atoms with Gasteiger partial charge in [0.05, 0.1) is 11.2 Å². The molecule has 1 atom stereocenters. The lowest BCUT2D eigenvalue weighted by Crippen LogP contribution is -2.41. The number of alkyl halides is 3. The van der Waals surface area contributed by atoms with Crippen LogP contribution in [0.2, 0.25) is 0 Å². The van der Waals surface area contributed by atoms with Gasteiger partial charge in [-0.15, -0.1) is 0 Å². The molecule has 0 spiro atoms. The molecule has 1 aromatic heterocycles. The third-order valence-electron chi connectivity index (χ3n) is 5.75. The molecular formula is C20H24BF5N2O3. The SMILES string of the molecule is CC(CO)Cn1cc(-c2ccc(B3OC(C)(C)C(C)(C)O3)c(F)c2F)c(C(F)(F)F)n1. The quantitative estimate of drug-likeness (QED) is 0.562. The molecule has 1 fully saturated rings. The Balaban J connectivity index is 2.04. The fraction of sp³-hybridized carbons (Fsp3) is 0.550. The van der Waals surface area contributed by atoms with Crippen molar-refractivity contribution in [3.63, 3.8) is 0 Å². The Morgan fingerprint density at radius 3 is 2.16 bits per heavy atom. The zero-order chi connectivity index (χ0) is 23.4.